The first kappa shape index (κ1) is 28.3. The average molecular weight is 545 g/mol. The number of hydrogen-bond acceptors (Lipinski definition) is 14. The molecule has 0 radical (unpaired) electrons. The van der Waals surface area contributed by atoms with Crippen LogP contribution in [0.25, 0.3) is 0 Å². The smallest absolute Gasteiger partial charge is 0.387 e. The number of aliphatic hydroxyl groups excluding tert-OH is 3. The van der Waals surface area contributed by atoms with Gasteiger partial charge in [-0.3, -0.25) is 18.4 Å². The van der Waals surface area contributed by atoms with E-state index in [1.165, 1.54) is 11.1 Å². The van der Waals surface area contributed by atoms with Crippen LogP contribution in [0.4, 0.5) is 0 Å². The molecule has 0 aromatic carbocycles. The summed E-state index contributed by atoms with van der Waals surface area (Å²) in [5.41, 5.74) is 5.77. The third kappa shape index (κ3) is 6.76. The Morgan fingerprint density at radius 3 is 2.57 bits per heavy atom. The van der Waals surface area contributed by atoms with E-state index < -0.39 is 77.2 Å². The first-order chi connectivity index (χ1) is 16.2. The highest BCUT2D eigenvalue weighted by Gasteiger charge is 2.49. The van der Waals surface area contributed by atoms with E-state index in [9.17, 15) is 34.1 Å². The van der Waals surface area contributed by atoms with E-state index in [2.05, 4.69) is 20.7 Å². The summed E-state index contributed by atoms with van der Waals surface area (Å²) in [6, 6.07) is -0.786. The Labute approximate surface area is 200 Å². The van der Waals surface area contributed by atoms with Crippen LogP contribution in [0.15, 0.2) is 24.7 Å². The van der Waals surface area contributed by atoms with Crippen molar-refractivity contribution in [2.45, 2.75) is 62.4 Å². The molecule has 5 unspecified atom stereocenters. The van der Waals surface area contributed by atoms with Gasteiger partial charge in [-0.25, -0.2) is 9.13 Å². The zero-order chi connectivity index (χ0) is 26.1. The van der Waals surface area contributed by atoms with Crippen LogP contribution >= 0.6 is 15.6 Å². The van der Waals surface area contributed by atoms with E-state index >= 15 is 0 Å². The highest BCUT2D eigenvalue weighted by atomic mass is 31.3. The zero-order valence-electron chi connectivity index (χ0n) is 18.8. The maximum Gasteiger partial charge on any atom is 0.485 e. The van der Waals surface area contributed by atoms with Gasteiger partial charge in [-0.2, -0.15) is 4.31 Å². The average Bonchev–Trinajstić information content (AvgIpc) is 3.04. The van der Waals surface area contributed by atoms with Crippen molar-refractivity contribution in [3.8, 4) is 0 Å². The SMILES string of the molecule is C=C1NC(=O)C=CN1[C@@H]1O[C@H](COP(=O)(O)OP(=O)(OC)O[C@H]2OC(C)C[C@H](N)C2O)C(O)[C@@H]1O. The van der Waals surface area contributed by atoms with Gasteiger partial charge < -0.3 is 45.6 Å². The minimum Gasteiger partial charge on any atom is -0.387 e. The summed E-state index contributed by atoms with van der Waals surface area (Å²) in [6.45, 7) is 4.44. The topological polar surface area (TPSA) is 229 Å². The molecule has 3 rings (SSSR count). The highest BCUT2D eigenvalue weighted by Crippen LogP contribution is 2.64. The van der Waals surface area contributed by atoms with E-state index in [1.807, 2.05) is 0 Å². The molecule has 2 saturated heterocycles. The largest absolute Gasteiger partial charge is 0.485 e. The third-order valence-corrected chi connectivity index (χ3v) is 8.34. The lowest BCUT2D eigenvalue weighted by atomic mass is 10.0. The number of nitrogens with two attached hydrogens (primary N) is 1. The minimum absolute atomic E-state index is 0.0609. The Bertz CT molecular complexity index is 935. The monoisotopic (exact) mass is 545 g/mol. The Morgan fingerprint density at radius 2 is 1.94 bits per heavy atom. The maximum absolute atomic E-state index is 12.8. The number of ether oxygens (including phenoxy) is 2. The Hall–Kier alpha value is -1.23. The molecule has 1 amide bonds. The molecule has 200 valence electrons. The lowest BCUT2D eigenvalue weighted by molar-refractivity contribution is -0.209. The van der Waals surface area contributed by atoms with Crippen molar-refractivity contribution in [1.82, 2.24) is 10.2 Å². The summed E-state index contributed by atoms with van der Waals surface area (Å²) in [4.78, 5) is 22.7. The van der Waals surface area contributed by atoms with Gasteiger partial charge in [0.25, 0.3) is 5.91 Å². The van der Waals surface area contributed by atoms with E-state index in [0.717, 1.165) is 13.2 Å². The first-order valence-corrected chi connectivity index (χ1v) is 13.3. The summed E-state index contributed by atoms with van der Waals surface area (Å²) in [7, 11) is -9.13. The predicted octanol–water partition coefficient (Wildman–Crippen LogP) is -1.42. The van der Waals surface area contributed by atoms with Crippen LogP contribution in [0.1, 0.15) is 13.3 Å². The molecule has 0 aliphatic carbocycles. The van der Waals surface area contributed by atoms with Gasteiger partial charge in [0, 0.05) is 25.4 Å². The molecule has 0 aromatic rings. The van der Waals surface area contributed by atoms with Crippen molar-refractivity contribution in [3.05, 3.63) is 24.7 Å². The Kier molecular flexibility index (Phi) is 8.93. The van der Waals surface area contributed by atoms with E-state index in [0.29, 0.717) is 0 Å². The predicted molar refractivity (Wildman–Crippen MR) is 114 cm³/mol. The van der Waals surface area contributed by atoms with E-state index in [4.69, 9.17) is 24.3 Å². The highest BCUT2D eigenvalue weighted by molar-refractivity contribution is 7.61. The molecule has 0 spiro atoms. The third-order valence-electron chi connectivity index (χ3n) is 5.33. The normalized spacial score (nSPS) is 39.2. The van der Waals surface area contributed by atoms with Gasteiger partial charge in [0.1, 0.15) is 30.2 Å². The summed E-state index contributed by atoms with van der Waals surface area (Å²) in [6.07, 6.45) is -6.48. The van der Waals surface area contributed by atoms with Gasteiger partial charge in [0.05, 0.1) is 12.7 Å². The van der Waals surface area contributed by atoms with Crippen molar-refractivity contribution in [2.75, 3.05) is 13.7 Å². The molecular formula is C17H29N3O13P2. The number of nitrogens with one attached hydrogen (secondary N) is 1. The molecule has 0 bridgehead atoms. The number of carbonyl (C=O) groups excluding carboxylic acids is 1. The standard InChI is InChI=1S/C17H29N3O13P2/c1-8-6-10(18)13(22)17(30-8)32-35(27,28-3)33-34(25,26)29-7-11-14(23)15(24)16(31-11)20-5-4-12(21)19-9(20)2/h4-5,8,10-11,13-17,22-24H,2,6-7,18H2,1,3H3,(H,19,21)(H,25,26)/t8?,10-,11+,13?,14?,15-,16+,17+,35?/m0/s1. The van der Waals surface area contributed by atoms with Gasteiger partial charge in [0.2, 0.25) is 0 Å². The van der Waals surface area contributed by atoms with Crippen molar-refractivity contribution in [1.29, 1.82) is 0 Å². The summed E-state index contributed by atoms with van der Waals surface area (Å²) in [5.74, 6) is -0.393. The van der Waals surface area contributed by atoms with Gasteiger partial charge in [0.15, 0.2) is 12.5 Å². The molecule has 0 aromatic heterocycles. The second-order valence-electron chi connectivity index (χ2n) is 7.99. The van der Waals surface area contributed by atoms with Crippen LogP contribution < -0.4 is 11.1 Å². The van der Waals surface area contributed by atoms with Crippen molar-refractivity contribution in [2.24, 2.45) is 5.73 Å². The van der Waals surface area contributed by atoms with Crippen LogP contribution in [0.5, 0.6) is 0 Å². The minimum atomic E-state index is -5.18. The van der Waals surface area contributed by atoms with Crippen LogP contribution in [0, 0.1) is 0 Å². The Morgan fingerprint density at radius 1 is 1.26 bits per heavy atom. The second-order valence-corrected chi connectivity index (χ2v) is 11.3. The van der Waals surface area contributed by atoms with Crippen LogP contribution in [-0.2, 0) is 41.3 Å². The first-order valence-electron chi connectivity index (χ1n) is 10.3. The molecular weight excluding hydrogens is 516 g/mol. The number of hydrogen-bond donors (Lipinski definition) is 6. The van der Waals surface area contributed by atoms with E-state index in [-0.39, 0.29) is 12.2 Å². The molecule has 3 aliphatic heterocycles. The molecule has 18 heteroatoms. The molecule has 2 fully saturated rings. The number of phosphoric acid groups is 2. The van der Waals surface area contributed by atoms with Crippen LogP contribution in [-0.4, -0.2) is 93.8 Å². The lowest BCUT2D eigenvalue weighted by Gasteiger charge is -2.36. The van der Waals surface area contributed by atoms with Crippen LogP contribution in [0.2, 0.25) is 0 Å². The lowest BCUT2D eigenvalue weighted by Crippen LogP contribution is -2.52. The molecule has 3 aliphatic rings. The quantitative estimate of drug-likeness (QED) is 0.183. The maximum atomic E-state index is 12.8. The summed E-state index contributed by atoms with van der Waals surface area (Å²) >= 11 is 0. The number of nitrogens with zero attached hydrogens (tertiary/aromatic N) is 1. The van der Waals surface area contributed by atoms with Gasteiger partial charge in [-0.05, 0) is 13.3 Å². The fourth-order valence-electron chi connectivity index (χ4n) is 3.54. The summed E-state index contributed by atoms with van der Waals surface area (Å²) in [5, 5.41) is 33.1. The van der Waals surface area contributed by atoms with Gasteiger partial charge in [-0.15, -0.1) is 0 Å². The van der Waals surface area contributed by atoms with Crippen molar-refractivity contribution < 1.29 is 61.5 Å². The van der Waals surface area contributed by atoms with E-state index in [1.54, 1.807) is 6.92 Å². The number of phosphoric ester groups is 2. The van der Waals surface area contributed by atoms with Crippen molar-refractivity contribution >= 4 is 21.6 Å². The van der Waals surface area contributed by atoms with Gasteiger partial charge >= 0.3 is 15.6 Å². The molecule has 0 saturated carbocycles. The zero-order valence-corrected chi connectivity index (χ0v) is 20.6. The molecule has 7 N–H and O–H groups in total. The fourth-order valence-corrected chi connectivity index (χ4v) is 6.01. The number of aliphatic hydroxyl groups is 3. The number of carbonyl (C=O) groups is 1. The molecule has 16 nitrogen and oxygen atoms in total. The second kappa shape index (κ2) is 11.0. The molecule has 35 heavy (non-hydrogen) atoms. The Balaban J connectivity index is 1.60. The van der Waals surface area contributed by atoms with Gasteiger partial charge in [-0.1, -0.05) is 6.58 Å². The number of rotatable bonds is 9. The molecule has 10 atom stereocenters. The van der Waals surface area contributed by atoms with Crippen molar-refractivity contribution in [3.63, 3.8) is 0 Å². The summed E-state index contributed by atoms with van der Waals surface area (Å²) < 4.78 is 55.0. The molecule has 3 heterocycles. The van der Waals surface area contributed by atoms with Crippen LogP contribution in [0.3, 0.4) is 0 Å². The fraction of sp³-hybridized carbons (Fsp3) is 0.706. The number of amides is 1.